The Balaban J connectivity index is 1.89. The van der Waals surface area contributed by atoms with E-state index >= 15 is 0 Å². The normalized spacial score (nSPS) is 30.7. The summed E-state index contributed by atoms with van der Waals surface area (Å²) in [5.41, 5.74) is 0.168. The summed E-state index contributed by atoms with van der Waals surface area (Å²) >= 11 is 0. The summed E-state index contributed by atoms with van der Waals surface area (Å²) in [5, 5.41) is 0. The minimum atomic E-state index is -1.25. The summed E-state index contributed by atoms with van der Waals surface area (Å²) in [4.78, 5) is 38.2. The molecule has 0 aromatic rings. The van der Waals surface area contributed by atoms with Gasteiger partial charge in [-0.15, -0.1) is 0 Å². The summed E-state index contributed by atoms with van der Waals surface area (Å²) in [6.07, 6.45) is 9.13. The van der Waals surface area contributed by atoms with Crippen molar-refractivity contribution in [2.45, 2.75) is 58.5 Å². The second kappa shape index (κ2) is 7.22. The molecule has 5 heteroatoms. The molecule has 1 aliphatic carbocycles. The lowest BCUT2D eigenvalue weighted by molar-refractivity contribution is -0.157. The summed E-state index contributed by atoms with van der Waals surface area (Å²) < 4.78 is 11.1. The van der Waals surface area contributed by atoms with Crippen molar-refractivity contribution in [3.63, 3.8) is 0 Å². The molecule has 0 amide bonds. The highest BCUT2D eigenvalue weighted by Crippen LogP contribution is 2.48. The number of Topliss-reactive ketones (excluding diaryl/α,β-unsaturated/α-hetero) is 2. The number of fused-ring (bicyclic) bond motifs is 1. The Hall–Kier alpha value is -2.17. The van der Waals surface area contributed by atoms with Gasteiger partial charge >= 0.3 is 5.97 Å². The summed E-state index contributed by atoms with van der Waals surface area (Å²) in [7, 11) is 0. The van der Waals surface area contributed by atoms with Gasteiger partial charge in [-0.1, -0.05) is 25.8 Å². The lowest BCUT2D eigenvalue weighted by Crippen LogP contribution is -2.48. The number of carbonyl (C=O) groups is 3. The molecule has 3 atom stereocenters. The predicted octanol–water partition coefficient (Wildman–Crippen LogP) is 3.44. The van der Waals surface area contributed by atoms with Gasteiger partial charge in [-0.05, 0) is 44.4 Å². The zero-order valence-corrected chi connectivity index (χ0v) is 15.7. The van der Waals surface area contributed by atoms with E-state index in [2.05, 4.69) is 6.92 Å². The summed E-state index contributed by atoms with van der Waals surface area (Å²) in [5.74, 6) is -1.45. The number of rotatable bonds is 6. The molecule has 140 valence electrons. The van der Waals surface area contributed by atoms with E-state index in [-0.39, 0.29) is 18.2 Å². The number of unbranched alkanes of at least 4 members (excludes halogenated alkanes) is 2. The lowest BCUT2D eigenvalue weighted by Gasteiger charge is -2.37. The molecule has 0 spiro atoms. The van der Waals surface area contributed by atoms with E-state index in [1.54, 1.807) is 6.92 Å². The van der Waals surface area contributed by atoms with Gasteiger partial charge in [0.1, 0.15) is 24.1 Å². The average Bonchev–Trinajstić information content (AvgIpc) is 2.86. The Morgan fingerprint density at radius 3 is 2.81 bits per heavy atom. The van der Waals surface area contributed by atoms with Crippen molar-refractivity contribution in [2.75, 3.05) is 6.61 Å². The number of esters is 1. The highest BCUT2D eigenvalue weighted by molar-refractivity contribution is 6.10. The van der Waals surface area contributed by atoms with Crippen LogP contribution in [0.15, 0.2) is 35.1 Å². The minimum Gasteiger partial charge on any atom is -0.489 e. The maximum atomic E-state index is 13.0. The van der Waals surface area contributed by atoms with Gasteiger partial charge in [-0.2, -0.15) is 0 Å². The molecule has 1 fully saturated rings. The van der Waals surface area contributed by atoms with E-state index in [1.165, 1.54) is 0 Å². The van der Waals surface area contributed by atoms with Crippen molar-refractivity contribution in [3.8, 4) is 0 Å². The minimum absolute atomic E-state index is 0.0984. The number of ether oxygens (including phenoxy) is 2. The zero-order chi connectivity index (χ0) is 18.9. The fraction of sp³-hybridized carbons (Fsp3) is 0.571. The van der Waals surface area contributed by atoms with Gasteiger partial charge in [0.25, 0.3) is 0 Å². The van der Waals surface area contributed by atoms with E-state index < -0.39 is 23.4 Å². The molecule has 0 saturated carbocycles. The third-order valence-corrected chi connectivity index (χ3v) is 5.63. The van der Waals surface area contributed by atoms with Crippen molar-refractivity contribution in [3.05, 3.63) is 35.1 Å². The van der Waals surface area contributed by atoms with Crippen molar-refractivity contribution >= 4 is 17.5 Å². The largest absolute Gasteiger partial charge is 0.489 e. The molecule has 2 heterocycles. The van der Waals surface area contributed by atoms with Gasteiger partial charge in [0.05, 0.1) is 0 Å². The fourth-order valence-corrected chi connectivity index (χ4v) is 4.16. The van der Waals surface area contributed by atoms with Crippen molar-refractivity contribution in [1.82, 2.24) is 0 Å². The van der Waals surface area contributed by atoms with Gasteiger partial charge in [-0.25, -0.2) is 0 Å². The van der Waals surface area contributed by atoms with Crippen molar-refractivity contribution in [1.29, 1.82) is 0 Å². The first-order valence-electron chi connectivity index (χ1n) is 9.42. The Labute approximate surface area is 154 Å². The van der Waals surface area contributed by atoms with Crippen LogP contribution < -0.4 is 0 Å². The van der Waals surface area contributed by atoms with Crippen molar-refractivity contribution < 1.29 is 23.9 Å². The molecule has 2 aliphatic heterocycles. The molecule has 1 saturated heterocycles. The Morgan fingerprint density at radius 1 is 1.35 bits per heavy atom. The molecule has 3 rings (SSSR count). The van der Waals surface area contributed by atoms with Crippen LogP contribution in [0, 0.1) is 11.8 Å². The molecule has 0 aromatic heterocycles. The molecular weight excluding hydrogens is 332 g/mol. The first kappa shape index (κ1) is 18.6. The number of carbonyl (C=O) groups excluding carboxylic acids is 3. The number of hydrogen-bond donors (Lipinski definition) is 0. The van der Waals surface area contributed by atoms with Crippen LogP contribution in [0.25, 0.3) is 0 Å². The molecule has 26 heavy (non-hydrogen) atoms. The maximum Gasteiger partial charge on any atom is 0.317 e. The molecule has 0 unspecified atom stereocenters. The molecule has 0 N–H and O–H groups in total. The van der Waals surface area contributed by atoms with Crippen LogP contribution in [-0.2, 0) is 23.9 Å². The second-order valence-electron chi connectivity index (χ2n) is 7.41. The third-order valence-electron chi connectivity index (χ3n) is 5.63. The van der Waals surface area contributed by atoms with Crippen LogP contribution >= 0.6 is 0 Å². The Kier molecular flexibility index (Phi) is 5.17. The first-order valence-corrected chi connectivity index (χ1v) is 9.42. The monoisotopic (exact) mass is 358 g/mol. The number of ketones is 2. The molecule has 0 aromatic carbocycles. The first-order chi connectivity index (χ1) is 12.4. The highest BCUT2D eigenvalue weighted by atomic mass is 16.6. The topological polar surface area (TPSA) is 69.7 Å². The third kappa shape index (κ3) is 3.04. The van der Waals surface area contributed by atoms with Gasteiger partial charge < -0.3 is 9.47 Å². The highest BCUT2D eigenvalue weighted by Gasteiger charge is 2.61. The van der Waals surface area contributed by atoms with E-state index in [0.717, 1.165) is 24.8 Å². The molecule has 3 aliphatic rings. The molecular formula is C21H26O5. The fourth-order valence-electron chi connectivity index (χ4n) is 4.16. The number of hydrogen-bond acceptors (Lipinski definition) is 5. The Bertz CT molecular complexity index is 727. The molecule has 0 radical (unpaired) electrons. The van der Waals surface area contributed by atoms with Gasteiger partial charge in [-0.3, -0.25) is 14.4 Å². The molecule has 0 bridgehead atoms. The van der Waals surface area contributed by atoms with E-state index in [9.17, 15) is 14.4 Å². The summed E-state index contributed by atoms with van der Waals surface area (Å²) in [6, 6.07) is 0. The van der Waals surface area contributed by atoms with Crippen LogP contribution in [0.5, 0.6) is 0 Å². The van der Waals surface area contributed by atoms with Gasteiger partial charge in [0.15, 0.2) is 5.60 Å². The van der Waals surface area contributed by atoms with Gasteiger partial charge in [0, 0.05) is 17.9 Å². The average molecular weight is 358 g/mol. The van der Waals surface area contributed by atoms with Crippen LogP contribution in [0.4, 0.5) is 0 Å². The predicted molar refractivity (Wildman–Crippen MR) is 96.1 cm³/mol. The van der Waals surface area contributed by atoms with Crippen LogP contribution in [0.3, 0.4) is 0 Å². The van der Waals surface area contributed by atoms with Crippen molar-refractivity contribution in [2.24, 2.45) is 11.8 Å². The Morgan fingerprint density at radius 2 is 2.12 bits per heavy atom. The second-order valence-corrected chi connectivity index (χ2v) is 7.41. The SMILES string of the molecule is C/C=C/C1=CC2=C(CO1)C(=O)[C@]1(C)OC(=O)[C@H](C(=O)CCCCC)[C@H]1C2. The van der Waals surface area contributed by atoms with Crippen LogP contribution in [0.1, 0.15) is 52.9 Å². The quantitative estimate of drug-likeness (QED) is 0.413. The van der Waals surface area contributed by atoms with E-state index in [4.69, 9.17) is 9.47 Å². The zero-order valence-electron chi connectivity index (χ0n) is 15.7. The summed E-state index contributed by atoms with van der Waals surface area (Å²) in [6.45, 7) is 5.79. The standard InChI is InChI=1S/C21H26O5/c1-4-6-7-9-17(22)18-16-11-13-10-14(8-5-2)25-12-15(13)19(23)21(16,3)26-20(18)24/h5,8,10,16,18H,4,6-7,9,11-12H2,1-3H3/b8-5+/t16-,18+,21-/m1/s1. The lowest BCUT2D eigenvalue weighted by atomic mass is 9.67. The number of allylic oxidation sites excluding steroid dienone is 4. The van der Waals surface area contributed by atoms with Crippen LogP contribution in [0.2, 0.25) is 0 Å². The van der Waals surface area contributed by atoms with Gasteiger partial charge in [0.2, 0.25) is 5.78 Å². The van der Waals surface area contributed by atoms with Crippen LogP contribution in [-0.4, -0.2) is 29.7 Å². The van der Waals surface area contributed by atoms with E-state index in [1.807, 2.05) is 25.2 Å². The van der Waals surface area contributed by atoms with E-state index in [0.29, 0.717) is 24.2 Å². The molecule has 5 nitrogen and oxygen atoms in total. The maximum absolute atomic E-state index is 13.0. The smallest absolute Gasteiger partial charge is 0.317 e.